The van der Waals surface area contributed by atoms with Crippen molar-refractivity contribution in [2.75, 3.05) is 6.54 Å². The van der Waals surface area contributed by atoms with E-state index >= 15 is 0 Å². The molecule has 1 aliphatic rings. The molecule has 8 heteroatoms. The molecule has 0 unspecified atom stereocenters. The van der Waals surface area contributed by atoms with E-state index in [2.05, 4.69) is 5.10 Å². The van der Waals surface area contributed by atoms with Crippen molar-refractivity contribution in [2.24, 2.45) is 7.05 Å². The van der Waals surface area contributed by atoms with Gasteiger partial charge in [-0.15, -0.1) is 0 Å². The molecular formula is C14H16FN3O3S. The SMILES string of the molecule is Cn1nccc1S(=O)(=O)N1C[C@@H](O)C[C@H]1c1ccc(F)cc1. The van der Waals surface area contributed by atoms with Crippen LogP contribution in [-0.2, 0) is 17.1 Å². The molecule has 118 valence electrons. The molecule has 2 atom stereocenters. The van der Waals surface area contributed by atoms with Gasteiger partial charge in [0.1, 0.15) is 5.82 Å². The Morgan fingerprint density at radius 3 is 2.55 bits per heavy atom. The fourth-order valence-corrected chi connectivity index (χ4v) is 4.54. The molecule has 22 heavy (non-hydrogen) atoms. The van der Waals surface area contributed by atoms with Gasteiger partial charge in [-0.3, -0.25) is 4.68 Å². The van der Waals surface area contributed by atoms with Gasteiger partial charge < -0.3 is 5.11 Å². The van der Waals surface area contributed by atoms with E-state index in [9.17, 15) is 17.9 Å². The second kappa shape index (κ2) is 5.45. The van der Waals surface area contributed by atoms with Crippen LogP contribution in [0, 0.1) is 5.82 Å². The number of aliphatic hydroxyl groups is 1. The number of β-amino-alcohol motifs (C(OH)–C–C–N with tert-alkyl or cyclic N) is 1. The number of aliphatic hydroxyl groups excluding tert-OH is 1. The largest absolute Gasteiger partial charge is 0.392 e. The quantitative estimate of drug-likeness (QED) is 0.915. The van der Waals surface area contributed by atoms with Gasteiger partial charge in [0.05, 0.1) is 18.3 Å². The minimum atomic E-state index is -3.79. The number of benzene rings is 1. The zero-order valence-electron chi connectivity index (χ0n) is 11.9. The van der Waals surface area contributed by atoms with Gasteiger partial charge in [0.2, 0.25) is 0 Å². The number of rotatable bonds is 3. The van der Waals surface area contributed by atoms with E-state index in [1.807, 2.05) is 0 Å². The summed E-state index contributed by atoms with van der Waals surface area (Å²) in [4.78, 5) is 0. The van der Waals surface area contributed by atoms with Crippen LogP contribution >= 0.6 is 0 Å². The first-order chi connectivity index (χ1) is 10.4. The second-order valence-electron chi connectivity index (χ2n) is 5.32. The number of aromatic nitrogens is 2. The van der Waals surface area contributed by atoms with Crippen LogP contribution in [-0.4, -0.2) is 40.3 Å². The number of aryl methyl sites for hydroxylation is 1. The lowest BCUT2D eigenvalue weighted by Gasteiger charge is -2.23. The third-order valence-electron chi connectivity index (χ3n) is 3.84. The summed E-state index contributed by atoms with van der Waals surface area (Å²) < 4.78 is 41.2. The molecule has 2 aromatic rings. The minimum absolute atomic E-state index is 0.00948. The predicted molar refractivity (Wildman–Crippen MR) is 76.9 cm³/mol. The van der Waals surface area contributed by atoms with E-state index in [1.165, 1.54) is 33.4 Å². The molecule has 2 heterocycles. The van der Waals surface area contributed by atoms with Crippen molar-refractivity contribution in [3.63, 3.8) is 0 Å². The zero-order valence-corrected chi connectivity index (χ0v) is 12.7. The summed E-state index contributed by atoms with van der Waals surface area (Å²) in [6, 6.07) is 6.56. The highest BCUT2D eigenvalue weighted by Gasteiger charge is 2.41. The molecule has 1 aliphatic heterocycles. The van der Waals surface area contributed by atoms with Crippen LogP contribution < -0.4 is 0 Å². The normalized spacial score (nSPS) is 23.0. The van der Waals surface area contributed by atoms with Gasteiger partial charge in [-0.1, -0.05) is 12.1 Å². The number of hydrogen-bond acceptors (Lipinski definition) is 4. The van der Waals surface area contributed by atoms with Gasteiger partial charge in [0, 0.05) is 13.6 Å². The van der Waals surface area contributed by atoms with E-state index in [-0.39, 0.29) is 23.8 Å². The lowest BCUT2D eigenvalue weighted by Crippen LogP contribution is -2.33. The van der Waals surface area contributed by atoms with Gasteiger partial charge in [-0.2, -0.15) is 9.40 Å². The fourth-order valence-electron chi connectivity index (χ4n) is 2.77. The lowest BCUT2D eigenvalue weighted by molar-refractivity contribution is 0.188. The average molecular weight is 325 g/mol. The molecule has 1 aromatic heterocycles. The monoisotopic (exact) mass is 325 g/mol. The predicted octanol–water partition coefficient (Wildman–Crippen LogP) is 1.06. The van der Waals surface area contributed by atoms with Crippen molar-refractivity contribution in [1.29, 1.82) is 0 Å². The summed E-state index contributed by atoms with van der Waals surface area (Å²) in [6.45, 7) is 0.00948. The van der Waals surface area contributed by atoms with Crippen LogP contribution in [0.1, 0.15) is 18.0 Å². The van der Waals surface area contributed by atoms with Crippen LogP contribution in [0.2, 0.25) is 0 Å². The Morgan fingerprint density at radius 2 is 1.95 bits per heavy atom. The Morgan fingerprint density at radius 1 is 1.27 bits per heavy atom. The maximum atomic E-state index is 13.1. The first-order valence-corrected chi connectivity index (χ1v) is 8.27. The Balaban J connectivity index is 2.01. The van der Waals surface area contributed by atoms with Crippen LogP contribution in [0.15, 0.2) is 41.6 Å². The third-order valence-corrected chi connectivity index (χ3v) is 5.79. The van der Waals surface area contributed by atoms with E-state index < -0.39 is 22.2 Å². The van der Waals surface area contributed by atoms with Crippen molar-refractivity contribution in [3.8, 4) is 0 Å². The zero-order chi connectivity index (χ0) is 15.9. The highest BCUT2D eigenvalue weighted by atomic mass is 32.2. The summed E-state index contributed by atoms with van der Waals surface area (Å²) in [7, 11) is -2.24. The second-order valence-corrected chi connectivity index (χ2v) is 7.16. The smallest absolute Gasteiger partial charge is 0.260 e. The van der Waals surface area contributed by atoms with Gasteiger partial charge in [-0.05, 0) is 30.2 Å². The van der Waals surface area contributed by atoms with Gasteiger partial charge >= 0.3 is 0 Å². The Labute approximate surface area is 127 Å². The standard InChI is InChI=1S/C14H16FN3O3S/c1-17-14(6-7-16-17)22(20,21)18-9-12(19)8-13(18)10-2-4-11(15)5-3-10/h2-7,12-13,19H,8-9H2,1H3/t12-,13-/m0/s1. The fraction of sp³-hybridized carbons (Fsp3) is 0.357. The summed E-state index contributed by atoms with van der Waals surface area (Å²) in [5, 5.41) is 13.9. The molecule has 0 amide bonds. The van der Waals surface area contributed by atoms with Crippen molar-refractivity contribution in [1.82, 2.24) is 14.1 Å². The summed E-state index contributed by atoms with van der Waals surface area (Å²) in [6.07, 6.45) is 0.938. The molecule has 0 radical (unpaired) electrons. The highest BCUT2D eigenvalue weighted by molar-refractivity contribution is 7.89. The van der Waals surface area contributed by atoms with Gasteiger partial charge in [-0.25, -0.2) is 12.8 Å². The summed E-state index contributed by atoms with van der Waals surface area (Å²) in [5.41, 5.74) is 0.656. The van der Waals surface area contributed by atoms with Crippen LogP contribution in [0.25, 0.3) is 0 Å². The molecule has 1 saturated heterocycles. The molecule has 0 saturated carbocycles. The molecule has 0 bridgehead atoms. The molecule has 0 aliphatic carbocycles. The topological polar surface area (TPSA) is 75.4 Å². The third kappa shape index (κ3) is 2.53. The van der Waals surface area contributed by atoms with Crippen molar-refractivity contribution < 1.29 is 17.9 Å². The Hall–Kier alpha value is -1.77. The highest BCUT2D eigenvalue weighted by Crippen LogP contribution is 2.36. The molecule has 6 nitrogen and oxygen atoms in total. The number of sulfonamides is 1. The van der Waals surface area contributed by atoms with E-state index in [1.54, 1.807) is 19.2 Å². The molecule has 3 rings (SSSR count). The number of nitrogens with zero attached hydrogens (tertiary/aromatic N) is 3. The Kier molecular flexibility index (Phi) is 3.75. The summed E-state index contributed by atoms with van der Waals surface area (Å²) >= 11 is 0. The molecular weight excluding hydrogens is 309 g/mol. The molecule has 0 spiro atoms. The van der Waals surface area contributed by atoms with Crippen molar-refractivity contribution >= 4 is 10.0 Å². The van der Waals surface area contributed by atoms with Crippen molar-refractivity contribution in [2.45, 2.75) is 23.6 Å². The Bertz CT molecular complexity index is 773. The number of halogens is 1. The van der Waals surface area contributed by atoms with Crippen molar-refractivity contribution in [3.05, 3.63) is 47.9 Å². The number of hydrogen-bond donors (Lipinski definition) is 1. The average Bonchev–Trinajstić information content (AvgIpc) is 3.06. The summed E-state index contributed by atoms with van der Waals surface area (Å²) in [5.74, 6) is -0.386. The van der Waals surface area contributed by atoms with Gasteiger partial charge in [0.25, 0.3) is 10.0 Å². The minimum Gasteiger partial charge on any atom is -0.392 e. The lowest BCUT2D eigenvalue weighted by atomic mass is 10.0. The van der Waals surface area contributed by atoms with E-state index in [0.717, 1.165) is 0 Å². The maximum absolute atomic E-state index is 13.1. The first kappa shape index (κ1) is 15.1. The van der Waals surface area contributed by atoms with Crippen LogP contribution in [0.4, 0.5) is 4.39 Å². The maximum Gasteiger partial charge on any atom is 0.260 e. The van der Waals surface area contributed by atoms with E-state index in [4.69, 9.17) is 0 Å². The molecule has 1 N–H and O–H groups in total. The van der Waals surface area contributed by atoms with E-state index in [0.29, 0.717) is 5.56 Å². The van der Waals surface area contributed by atoms with Crippen LogP contribution in [0.3, 0.4) is 0 Å². The molecule has 1 aromatic carbocycles. The molecule has 1 fully saturated rings. The van der Waals surface area contributed by atoms with Gasteiger partial charge in [0.15, 0.2) is 5.03 Å². The first-order valence-electron chi connectivity index (χ1n) is 6.83. The van der Waals surface area contributed by atoms with Crippen LogP contribution in [0.5, 0.6) is 0 Å².